The van der Waals surface area contributed by atoms with Crippen molar-refractivity contribution >= 4 is 0 Å². The molecule has 0 aromatic carbocycles. The third-order valence-corrected chi connectivity index (χ3v) is 1.88. The van der Waals surface area contributed by atoms with Crippen molar-refractivity contribution in [2.45, 2.75) is 47.0 Å². The minimum absolute atomic E-state index is 0.173. The zero-order valence-electron chi connectivity index (χ0n) is 9.97. The van der Waals surface area contributed by atoms with Crippen LogP contribution in [0.3, 0.4) is 0 Å². The quantitative estimate of drug-likeness (QED) is 0.603. The molecule has 0 saturated carbocycles. The van der Waals surface area contributed by atoms with Crippen LogP contribution in [0, 0.1) is 6.92 Å². The van der Waals surface area contributed by atoms with Gasteiger partial charge < -0.3 is 0 Å². The highest BCUT2D eigenvalue weighted by Gasteiger charge is 2.17. The summed E-state index contributed by atoms with van der Waals surface area (Å²) in [5.74, 6) is 0. The van der Waals surface area contributed by atoms with Gasteiger partial charge in [0.2, 0.25) is 0 Å². The maximum atomic E-state index is 4.40. The zero-order chi connectivity index (χ0) is 10.6. The predicted molar refractivity (Wildman–Crippen MR) is 58.0 cm³/mol. The van der Waals surface area contributed by atoms with E-state index in [0.717, 1.165) is 5.69 Å². The Morgan fingerprint density at radius 3 is 1.85 bits per heavy atom. The van der Waals surface area contributed by atoms with E-state index in [1.807, 2.05) is 25.6 Å². The first kappa shape index (κ1) is 12.2. The van der Waals surface area contributed by atoms with Gasteiger partial charge in [-0.05, 0) is 13.0 Å². The highest BCUT2D eigenvalue weighted by Crippen LogP contribution is 2.20. The second-order valence-electron chi connectivity index (χ2n) is 4.04. The van der Waals surface area contributed by atoms with E-state index >= 15 is 0 Å². The molecule has 0 aliphatic carbocycles. The maximum Gasteiger partial charge on any atom is 0.0680 e. The Labute approximate surface area is 82.0 Å². The zero-order valence-corrected chi connectivity index (χ0v) is 9.97. The Hall–Kier alpha value is -0.790. The number of hydrogen-bond donors (Lipinski definition) is 0. The van der Waals surface area contributed by atoms with Crippen LogP contribution in [0.4, 0.5) is 0 Å². The molecule has 76 valence electrons. The lowest BCUT2D eigenvalue weighted by Gasteiger charge is -2.13. The SMILES string of the molecule is CC.Cc1cc(C(C)(C)C)nn1C. The Kier molecular flexibility index (Phi) is 4.18. The molecule has 0 atom stereocenters. The van der Waals surface area contributed by atoms with Crippen LogP contribution in [-0.4, -0.2) is 9.78 Å². The normalized spacial score (nSPS) is 10.7. The largest absolute Gasteiger partial charge is 0.273 e. The van der Waals surface area contributed by atoms with E-state index in [9.17, 15) is 0 Å². The van der Waals surface area contributed by atoms with Crippen molar-refractivity contribution in [3.05, 3.63) is 17.5 Å². The molecule has 0 N–H and O–H groups in total. The Morgan fingerprint density at radius 2 is 1.69 bits per heavy atom. The molecule has 0 aliphatic heterocycles. The summed E-state index contributed by atoms with van der Waals surface area (Å²) in [6, 6.07) is 2.14. The van der Waals surface area contributed by atoms with Crippen LogP contribution in [0.25, 0.3) is 0 Å². The molecule has 0 saturated heterocycles. The summed E-state index contributed by atoms with van der Waals surface area (Å²) in [5.41, 5.74) is 2.55. The Morgan fingerprint density at radius 1 is 1.23 bits per heavy atom. The first-order valence-corrected chi connectivity index (χ1v) is 4.92. The van der Waals surface area contributed by atoms with Crippen molar-refractivity contribution in [1.29, 1.82) is 0 Å². The van der Waals surface area contributed by atoms with E-state index in [-0.39, 0.29) is 5.41 Å². The molecule has 1 aromatic rings. The molecular weight excluding hydrogens is 160 g/mol. The number of aromatic nitrogens is 2. The molecule has 2 heteroatoms. The monoisotopic (exact) mass is 182 g/mol. The molecule has 13 heavy (non-hydrogen) atoms. The van der Waals surface area contributed by atoms with Crippen LogP contribution >= 0.6 is 0 Å². The van der Waals surface area contributed by atoms with Gasteiger partial charge in [0.25, 0.3) is 0 Å². The van der Waals surface area contributed by atoms with Crippen molar-refractivity contribution in [3.63, 3.8) is 0 Å². The highest BCUT2D eigenvalue weighted by atomic mass is 15.3. The van der Waals surface area contributed by atoms with Gasteiger partial charge in [0.05, 0.1) is 5.69 Å². The fraction of sp³-hybridized carbons (Fsp3) is 0.727. The summed E-state index contributed by atoms with van der Waals surface area (Å²) in [7, 11) is 1.98. The van der Waals surface area contributed by atoms with Crippen molar-refractivity contribution in [2.75, 3.05) is 0 Å². The fourth-order valence-corrected chi connectivity index (χ4v) is 0.927. The molecule has 0 radical (unpaired) electrons. The lowest BCUT2D eigenvalue weighted by molar-refractivity contribution is 0.552. The molecule has 2 nitrogen and oxygen atoms in total. The van der Waals surface area contributed by atoms with Crippen molar-refractivity contribution in [1.82, 2.24) is 9.78 Å². The highest BCUT2D eigenvalue weighted by molar-refractivity contribution is 5.15. The maximum absolute atomic E-state index is 4.40. The van der Waals surface area contributed by atoms with Gasteiger partial charge in [-0.25, -0.2) is 0 Å². The van der Waals surface area contributed by atoms with Gasteiger partial charge in [-0.1, -0.05) is 34.6 Å². The first-order valence-electron chi connectivity index (χ1n) is 4.92. The Bertz CT molecular complexity index is 234. The van der Waals surface area contributed by atoms with Gasteiger partial charge in [-0.2, -0.15) is 5.10 Å². The smallest absolute Gasteiger partial charge is 0.0680 e. The summed E-state index contributed by atoms with van der Waals surface area (Å²) in [4.78, 5) is 0. The number of hydrogen-bond acceptors (Lipinski definition) is 1. The predicted octanol–water partition coefficient (Wildman–Crippen LogP) is 3.05. The van der Waals surface area contributed by atoms with Crippen LogP contribution in [0.5, 0.6) is 0 Å². The molecule has 0 fully saturated rings. The van der Waals surface area contributed by atoms with E-state index in [2.05, 4.69) is 38.9 Å². The summed E-state index contributed by atoms with van der Waals surface area (Å²) in [6.07, 6.45) is 0. The summed E-state index contributed by atoms with van der Waals surface area (Å²) >= 11 is 0. The average molecular weight is 182 g/mol. The van der Waals surface area contributed by atoms with Gasteiger partial charge in [-0.3, -0.25) is 4.68 Å². The molecule has 0 unspecified atom stereocenters. The van der Waals surface area contributed by atoms with E-state index in [4.69, 9.17) is 0 Å². The second kappa shape index (κ2) is 4.45. The van der Waals surface area contributed by atoms with E-state index < -0.39 is 0 Å². The molecule has 0 spiro atoms. The van der Waals surface area contributed by atoms with Gasteiger partial charge in [0, 0.05) is 18.2 Å². The van der Waals surface area contributed by atoms with E-state index in [0.29, 0.717) is 0 Å². The molecular formula is C11H22N2. The summed E-state index contributed by atoms with van der Waals surface area (Å²) < 4.78 is 1.92. The van der Waals surface area contributed by atoms with Gasteiger partial charge in [-0.15, -0.1) is 0 Å². The standard InChI is InChI=1S/C9H16N2.C2H6/c1-7-6-8(9(2,3)4)10-11(7)5;1-2/h6H,1-5H3;1-2H3. The third kappa shape index (κ3) is 3.21. The van der Waals surface area contributed by atoms with Crippen LogP contribution in [0.1, 0.15) is 46.0 Å². The molecule has 0 aliphatic rings. The van der Waals surface area contributed by atoms with Gasteiger partial charge >= 0.3 is 0 Å². The average Bonchev–Trinajstić information content (AvgIpc) is 2.35. The minimum atomic E-state index is 0.173. The van der Waals surface area contributed by atoms with Crippen LogP contribution < -0.4 is 0 Å². The Balaban J connectivity index is 0.000000671. The summed E-state index contributed by atoms with van der Waals surface area (Å²) in [5, 5.41) is 4.40. The van der Waals surface area contributed by atoms with Gasteiger partial charge in [0.15, 0.2) is 0 Å². The van der Waals surface area contributed by atoms with Crippen LogP contribution in [0.15, 0.2) is 6.07 Å². The third-order valence-electron chi connectivity index (χ3n) is 1.88. The topological polar surface area (TPSA) is 17.8 Å². The van der Waals surface area contributed by atoms with Gasteiger partial charge in [0.1, 0.15) is 0 Å². The molecule has 1 aromatic heterocycles. The second-order valence-corrected chi connectivity index (χ2v) is 4.04. The first-order chi connectivity index (χ1) is 5.91. The molecule has 1 rings (SSSR count). The number of nitrogens with zero attached hydrogens (tertiary/aromatic N) is 2. The van der Waals surface area contributed by atoms with Crippen LogP contribution in [-0.2, 0) is 12.5 Å². The van der Waals surface area contributed by atoms with Crippen molar-refractivity contribution in [2.24, 2.45) is 7.05 Å². The van der Waals surface area contributed by atoms with E-state index in [1.54, 1.807) is 0 Å². The summed E-state index contributed by atoms with van der Waals surface area (Å²) in [6.45, 7) is 12.6. The van der Waals surface area contributed by atoms with E-state index in [1.165, 1.54) is 5.69 Å². The number of rotatable bonds is 0. The molecule has 1 heterocycles. The molecule has 0 amide bonds. The van der Waals surface area contributed by atoms with Crippen molar-refractivity contribution in [3.8, 4) is 0 Å². The fourth-order valence-electron chi connectivity index (χ4n) is 0.927. The lowest BCUT2D eigenvalue weighted by Crippen LogP contribution is -2.12. The lowest BCUT2D eigenvalue weighted by atomic mass is 9.92. The van der Waals surface area contributed by atoms with Crippen molar-refractivity contribution < 1.29 is 0 Å². The molecule has 0 bridgehead atoms. The van der Waals surface area contributed by atoms with Crippen LogP contribution in [0.2, 0.25) is 0 Å². The number of aryl methyl sites for hydroxylation is 2. The minimum Gasteiger partial charge on any atom is -0.273 e.